The second-order valence-corrected chi connectivity index (χ2v) is 4.93. The van der Waals surface area contributed by atoms with Gasteiger partial charge in [0.15, 0.2) is 0 Å². The lowest BCUT2D eigenvalue weighted by molar-refractivity contribution is 0.187. The number of aromatic nitrogens is 3. The highest BCUT2D eigenvalue weighted by Crippen LogP contribution is 2.27. The van der Waals surface area contributed by atoms with Crippen LogP contribution in [0.4, 0.5) is 0 Å². The fraction of sp³-hybridized carbons (Fsp3) is 0.833. The molecule has 1 saturated heterocycles. The van der Waals surface area contributed by atoms with Crippen LogP contribution in [0, 0.1) is 0 Å². The highest BCUT2D eigenvalue weighted by atomic mass is 16.5. The SMILES string of the molecule is CCCNC1COCC1c1nnc2n1CCC2. The van der Waals surface area contributed by atoms with Crippen LogP contribution < -0.4 is 5.32 Å². The predicted molar refractivity (Wildman–Crippen MR) is 64.0 cm³/mol. The van der Waals surface area contributed by atoms with Crippen LogP contribution in [-0.4, -0.2) is 40.6 Å². The first-order valence-corrected chi connectivity index (χ1v) is 6.63. The monoisotopic (exact) mass is 236 g/mol. The molecule has 94 valence electrons. The summed E-state index contributed by atoms with van der Waals surface area (Å²) < 4.78 is 7.90. The van der Waals surface area contributed by atoms with E-state index in [0.29, 0.717) is 12.0 Å². The fourth-order valence-electron chi connectivity index (χ4n) is 2.79. The van der Waals surface area contributed by atoms with E-state index in [1.54, 1.807) is 0 Å². The summed E-state index contributed by atoms with van der Waals surface area (Å²) in [7, 11) is 0. The molecule has 0 amide bonds. The molecule has 5 nitrogen and oxygen atoms in total. The van der Waals surface area contributed by atoms with Crippen LogP contribution >= 0.6 is 0 Å². The van der Waals surface area contributed by atoms with Gasteiger partial charge in [0, 0.05) is 19.0 Å². The summed E-state index contributed by atoms with van der Waals surface area (Å²) in [6.07, 6.45) is 3.44. The van der Waals surface area contributed by atoms with E-state index in [1.807, 2.05) is 0 Å². The van der Waals surface area contributed by atoms with Gasteiger partial charge in [-0.1, -0.05) is 6.92 Å². The van der Waals surface area contributed by atoms with Crippen molar-refractivity contribution < 1.29 is 4.74 Å². The number of rotatable bonds is 4. The maximum atomic E-state index is 5.61. The van der Waals surface area contributed by atoms with Crippen LogP contribution in [-0.2, 0) is 17.7 Å². The van der Waals surface area contributed by atoms with Gasteiger partial charge < -0.3 is 14.6 Å². The van der Waals surface area contributed by atoms with Gasteiger partial charge in [0.2, 0.25) is 0 Å². The number of hydrogen-bond donors (Lipinski definition) is 1. The minimum atomic E-state index is 0.376. The molecule has 1 aromatic rings. The Hall–Kier alpha value is -0.940. The summed E-state index contributed by atoms with van der Waals surface area (Å²) >= 11 is 0. The highest BCUT2D eigenvalue weighted by molar-refractivity contribution is 5.10. The number of nitrogens with one attached hydrogen (secondary N) is 1. The van der Waals surface area contributed by atoms with E-state index in [0.717, 1.165) is 50.8 Å². The molecule has 17 heavy (non-hydrogen) atoms. The van der Waals surface area contributed by atoms with Crippen molar-refractivity contribution in [2.24, 2.45) is 0 Å². The molecule has 1 N–H and O–H groups in total. The summed E-state index contributed by atoms with van der Waals surface area (Å²) in [5.74, 6) is 2.66. The molecular formula is C12H20N4O. The lowest BCUT2D eigenvalue weighted by Crippen LogP contribution is -2.35. The Morgan fingerprint density at radius 2 is 2.35 bits per heavy atom. The Kier molecular flexibility index (Phi) is 3.11. The first-order valence-electron chi connectivity index (χ1n) is 6.63. The van der Waals surface area contributed by atoms with Crippen LogP contribution in [0.25, 0.3) is 0 Å². The highest BCUT2D eigenvalue weighted by Gasteiger charge is 2.34. The van der Waals surface area contributed by atoms with Crippen molar-refractivity contribution in [3.8, 4) is 0 Å². The Labute approximate surface area is 102 Å². The maximum absolute atomic E-state index is 5.61. The van der Waals surface area contributed by atoms with Crippen LogP contribution in [0.2, 0.25) is 0 Å². The van der Waals surface area contributed by atoms with Crippen molar-refractivity contribution in [3.05, 3.63) is 11.6 Å². The molecule has 0 radical (unpaired) electrons. The summed E-state index contributed by atoms with van der Waals surface area (Å²) in [6, 6.07) is 0.406. The van der Waals surface area contributed by atoms with Gasteiger partial charge in [0.05, 0.1) is 19.1 Å². The van der Waals surface area contributed by atoms with Gasteiger partial charge in [-0.05, 0) is 19.4 Å². The maximum Gasteiger partial charge on any atom is 0.140 e. The predicted octanol–water partition coefficient (Wildman–Crippen LogP) is 0.706. The molecule has 1 aromatic heterocycles. The van der Waals surface area contributed by atoms with Gasteiger partial charge in [0.1, 0.15) is 11.6 Å². The second-order valence-electron chi connectivity index (χ2n) is 4.93. The smallest absolute Gasteiger partial charge is 0.140 e. The van der Waals surface area contributed by atoms with Crippen LogP contribution in [0.3, 0.4) is 0 Å². The molecule has 2 aliphatic heterocycles. The van der Waals surface area contributed by atoms with Crippen molar-refractivity contribution in [1.29, 1.82) is 0 Å². The lowest BCUT2D eigenvalue weighted by atomic mass is 10.0. The van der Waals surface area contributed by atoms with Gasteiger partial charge >= 0.3 is 0 Å². The van der Waals surface area contributed by atoms with E-state index < -0.39 is 0 Å². The number of hydrogen-bond acceptors (Lipinski definition) is 4. The average molecular weight is 236 g/mol. The fourth-order valence-corrected chi connectivity index (χ4v) is 2.79. The van der Waals surface area contributed by atoms with E-state index >= 15 is 0 Å². The Bertz CT molecular complexity index is 390. The number of fused-ring (bicyclic) bond motifs is 1. The standard InChI is InChI=1S/C12H20N4O/c1-2-5-13-10-8-17-7-9(10)12-15-14-11-4-3-6-16(11)12/h9-10,13H,2-8H2,1H3. The first kappa shape index (κ1) is 11.2. The van der Waals surface area contributed by atoms with Crippen LogP contribution in [0.15, 0.2) is 0 Å². The van der Waals surface area contributed by atoms with Gasteiger partial charge in [0.25, 0.3) is 0 Å². The Morgan fingerprint density at radius 3 is 3.24 bits per heavy atom. The summed E-state index contributed by atoms with van der Waals surface area (Å²) in [4.78, 5) is 0. The van der Waals surface area contributed by atoms with Crippen molar-refractivity contribution >= 4 is 0 Å². The van der Waals surface area contributed by atoms with E-state index in [9.17, 15) is 0 Å². The molecule has 5 heteroatoms. The second kappa shape index (κ2) is 4.74. The minimum absolute atomic E-state index is 0.376. The van der Waals surface area contributed by atoms with Crippen molar-refractivity contribution in [3.63, 3.8) is 0 Å². The molecule has 0 saturated carbocycles. The molecule has 0 aromatic carbocycles. The third kappa shape index (κ3) is 1.98. The summed E-state index contributed by atoms with van der Waals surface area (Å²) in [5, 5.41) is 12.2. The molecule has 2 aliphatic rings. The largest absolute Gasteiger partial charge is 0.379 e. The molecular weight excluding hydrogens is 216 g/mol. The van der Waals surface area contributed by atoms with Gasteiger partial charge in [-0.3, -0.25) is 0 Å². The molecule has 1 fully saturated rings. The van der Waals surface area contributed by atoms with Crippen LogP contribution in [0.1, 0.15) is 37.3 Å². The zero-order chi connectivity index (χ0) is 11.7. The van der Waals surface area contributed by atoms with E-state index in [-0.39, 0.29) is 0 Å². The molecule has 0 aliphatic carbocycles. The van der Waals surface area contributed by atoms with Gasteiger partial charge in [-0.15, -0.1) is 10.2 Å². The molecule has 3 heterocycles. The third-order valence-electron chi connectivity index (χ3n) is 3.71. The Morgan fingerprint density at radius 1 is 1.41 bits per heavy atom. The van der Waals surface area contributed by atoms with Crippen molar-refractivity contribution in [2.45, 2.75) is 44.7 Å². The quantitative estimate of drug-likeness (QED) is 0.836. The van der Waals surface area contributed by atoms with Crippen molar-refractivity contribution in [1.82, 2.24) is 20.1 Å². The normalized spacial score (nSPS) is 27.6. The third-order valence-corrected chi connectivity index (χ3v) is 3.71. The lowest BCUT2D eigenvalue weighted by Gasteiger charge is -2.18. The van der Waals surface area contributed by atoms with E-state index in [4.69, 9.17) is 4.74 Å². The number of aryl methyl sites for hydroxylation is 1. The van der Waals surface area contributed by atoms with Crippen LogP contribution in [0.5, 0.6) is 0 Å². The minimum Gasteiger partial charge on any atom is -0.379 e. The number of nitrogens with zero attached hydrogens (tertiary/aromatic N) is 3. The molecule has 3 rings (SSSR count). The first-order chi connectivity index (χ1) is 8.40. The van der Waals surface area contributed by atoms with Gasteiger partial charge in [-0.25, -0.2) is 0 Å². The van der Waals surface area contributed by atoms with Gasteiger partial charge in [-0.2, -0.15) is 0 Å². The topological polar surface area (TPSA) is 52.0 Å². The molecule has 0 spiro atoms. The molecule has 2 atom stereocenters. The zero-order valence-corrected chi connectivity index (χ0v) is 10.4. The average Bonchev–Trinajstić information content (AvgIpc) is 3.01. The summed E-state index contributed by atoms with van der Waals surface area (Å²) in [5.41, 5.74) is 0. The summed E-state index contributed by atoms with van der Waals surface area (Å²) in [6.45, 7) is 5.89. The van der Waals surface area contributed by atoms with E-state index in [1.165, 1.54) is 6.42 Å². The number of ether oxygens (including phenoxy) is 1. The van der Waals surface area contributed by atoms with Crippen molar-refractivity contribution in [2.75, 3.05) is 19.8 Å². The van der Waals surface area contributed by atoms with E-state index in [2.05, 4.69) is 27.0 Å². The zero-order valence-electron chi connectivity index (χ0n) is 10.4. The Balaban J connectivity index is 1.77. The molecule has 2 unspecified atom stereocenters. The molecule has 0 bridgehead atoms.